The van der Waals surface area contributed by atoms with Gasteiger partial charge in [0.2, 0.25) is 0 Å². The van der Waals surface area contributed by atoms with E-state index in [1.54, 1.807) is 0 Å². The van der Waals surface area contributed by atoms with Gasteiger partial charge in [-0.1, -0.05) is 24.3 Å². The molecule has 0 radical (unpaired) electrons. The van der Waals surface area contributed by atoms with Crippen LogP contribution in [0.25, 0.3) is 10.9 Å². The molecule has 1 heterocycles. The molecule has 3 heteroatoms. The Morgan fingerprint density at radius 1 is 1.05 bits per heavy atom. The van der Waals surface area contributed by atoms with Crippen molar-refractivity contribution >= 4 is 10.9 Å². The number of aromatic nitrogens is 1. The van der Waals surface area contributed by atoms with E-state index in [0.717, 1.165) is 33.7 Å². The van der Waals surface area contributed by atoms with E-state index in [0.29, 0.717) is 6.42 Å². The van der Waals surface area contributed by atoms with Gasteiger partial charge in [-0.15, -0.1) is 0 Å². The van der Waals surface area contributed by atoms with Crippen LogP contribution in [0.4, 0.5) is 0 Å². The summed E-state index contributed by atoms with van der Waals surface area (Å²) < 4.78 is 6.00. The van der Waals surface area contributed by atoms with Crippen LogP contribution >= 0.6 is 0 Å². The number of fused-ring (bicyclic) bond motifs is 1. The summed E-state index contributed by atoms with van der Waals surface area (Å²) in [5, 5.41) is 9.94. The van der Waals surface area contributed by atoms with Gasteiger partial charge in [0.15, 0.2) is 0 Å². The Hall–Kier alpha value is -2.39. The first-order valence-corrected chi connectivity index (χ1v) is 7.00. The van der Waals surface area contributed by atoms with Crippen LogP contribution in [-0.2, 0) is 6.42 Å². The van der Waals surface area contributed by atoms with Crippen LogP contribution in [0, 0.1) is 6.92 Å². The molecule has 0 aliphatic rings. The monoisotopic (exact) mass is 279 g/mol. The molecule has 0 unspecified atom stereocenters. The molecule has 0 aliphatic heterocycles. The smallest absolute Gasteiger partial charge is 0.138 e. The SMILES string of the molecule is Cc1cc(Oc2ccc(CCO)cc2)c2ccccc2n1. The van der Waals surface area contributed by atoms with Crippen molar-refractivity contribution < 1.29 is 9.84 Å². The van der Waals surface area contributed by atoms with Crippen molar-refractivity contribution in [3.8, 4) is 11.5 Å². The van der Waals surface area contributed by atoms with E-state index in [9.17, 15) is 0 Å². The molecular weight excluding hydrogens is 262 g/mol. The highest BCUT2D eigenvalue weighted by Crippen LogP contribution is 2.29. The summed E-state index contributed by atoms with van der Waals surface area (Å²) in [6.45, 7) is 2.12. The van der Waals surface area contributed by atoms with E-state index in [-0.39, 0.29) is 6.61 Å². The zero-order valence-electron chi connectivity index (χ0n) is 11.9. The maximum absolute atomic E-state index is 8.93. The topological polar surface area (TPSA) is 42.4 Å². The zero-order valence-corrected chi connectivity index (χ0v) is 11.9. The molecule has 3 aromatic rings. The number of nitrogens with zero attached hydrogens (tertiary/aromatic N) is 1. The van der Waals surface area contributed by atoms with Crippen molar-refractivity contribution in [2.45, 2.75) is 13.3 Å². The molecule has 106 valence electrons. The van der Waals surface area contributed by atoms with E-state index in [2.05, 4.69) is 4.98 Å². The fourth-order valence-corrected chi connectivity index (χ4v) is 2.33. The van der Waals surface area contributed by atoms with Gasteiger partial charge >= 0.3 is 0 Å². The summed E-state index contributed by atoms with van der Waals surface area (Å²) in [6.07, 6.45) is 0.664. The number of aliphatic hydroxyl groups excluding tert-OH is 1. The molecule has 0 saturated carbocycles. The standard InChI is InChI=1S/C18H17NO2/c1-13-12-18(16-4-2-3-5-17(16)19-13)21-15-8-6-14(7-9-15)10-11-20/h2-9,12,20H,10-11H2,1H3. The fraction of sp³-hybridized carbons (Fsp3) is 0.167. The van der Waals surface area contributed by atoms with E-state index >= 15 is 0 Å². The molecule has 0 amide bonds. The van der Waals surface area contributed by atoms with Crippen LogP contribution in [0.3, 0.4) is 0 Å². The normalized spacial score (nSPS) is 10.8. The van der Waals surface area contributed by atoms with Crippen molar-refractivity contribution in [2.75, 3.05) is 6.61 Å². The van der Waals surface area contributed by atoms with Crippen LogP contribution in [0.2, 0.25) is 0 Å². The summed E-state index contributed by atoms with van der Waals surface area (Å²) >= 11 is 0. The van der Waals surface area contributed by atoms with Crippen molar-refractivity contribution in [2.24, 2.45) is 0 Å². The lowest BCUT2D eigenvalue weighted by Gasteiger charge is -2.10. The first kappa shape index (κ1) is 13.6. The second-order valence-corrected chi connectivity index (χ2v) is 5.00. The number of para-hydroxylation sites is 1. The maximum atomic E-state index is 8.93. The molecule has 21 heavy (non-hydrogen) atoms. The Labute approximate surface area is 123 Å². The highest BCUT2D eigenvalue weighted by atomic mass is 16.5. The molecular formula is C18H17NO2. The minimum atomic E-state index is 0.161. The number of hydrogen-bond acceptors (Lipinski definition) is 3. The van der Waals surface area contributed by atoms with Gasteiger partial charge in [0, 0.05) is 23.8 Å². The van der Waals surface area contributed by atoms with E-state index in [1.807, 2.05) is 61.5 Å². The number of aryl methyl sites for hydroxylation is 1. The number of ether oxygens (including phenoxy) is 1. The van der Waals surface area contributed by atoms with Gasteiger partial charge in [0.1, 0.15) is 11.5 Å². The van der Waals surface area contributed by atoms with Gasteiger partial charge in [-0.2, -0.15) is 0 Å². The lowest BCUT2D eigenvalue weighted by molar-refractivity contribution is 0.299. The van der Waals surface area contributed by atoms with E-state index in [4.69, 9.17) is 9.84 Å². The first-order chi connectivity index (χ1) is 10.3. The van der Waals surface area contributed by atoms with Crippen LogP contribution in [0.15, 0.2) is 54.6 Å². The van der Waals surface area contributed by atoms with E-state index in [1.165, 1.54) is 0 Å². The number of rotatable bonds is 4. The second kappa shape index (κ2) is 5.94. The summed E-state index contributed by atoms with van der Waals surface area (Å²) in [7, 11) is 0. The lowest BCUT2D eigenvalue weighted by Crippen LogP contribution is -1.92. The Bertz CT molecular complexity index is 751. The molecule has 3 nitrogen and oxygen atoms in total. The Morgan fingerprint density at radius 3 is 2.57 bits per heavy atom. The lowest BCUT2D eigenvalue weighted by atomic mass is 10.1. The van der Waals surface area contributed by atoms with Gasteiger partial charge in [-0.25, -0.2) is 0 Å². The quantitative estimate of drug-likeness (QED) is 0.788. The van der Waals surface area contributed by atoms with Gasteiger partial charge in [-0.3, -0.25) is 4.98 Å². The number of hydrogen-bond donors (Lipinski definition) is 1. The second-order valence-electron chi connectivity index (χ2n) is 5.00. The fourth-order valence-electron chi connectivity index (χ4n) is 2.33. The first-order valence-electron chi connectivity index (χ1n) is 7.00. The molecule has 0 saturated heterocycles. The molecule has 3 rings (SSSR count). The van der Waals surface area contributed by atoms with Gasteiger partial charge in [0.05, 0.1) is 5.52 Å². The molecule has 0 fully saturated rings. The third kappa shape index (κ3) is 3.03. The molecule has 0 atom stereocenters. The minimum Gasteiger partial charge on any atom is -0.457 e. The molecule has 0 aliphatic carbocycles. The van der Waals surface area contributed by atoms with Crippen LogP contribution < -0.4 is 4.74 Å². The average Bonchev–Trinajstić information content (AvgIpc) is 2.49. The molecule has 1 N–H and O–H groups in total. The van der Waals surface area contributed by atoms with Crippen molar-refractivity contribution in [1.29, 1.82) is 0 Å². The Balaban J connectivity index is 1.94. The number of aliphatic hydroxyl groups is 1. The predicted octanol–water partition coefficient (Wildman–Crippen LogP) is 3.87. The largest absolute Gasteiger partial charge is 0.457 e. The molecule has 1 aromatic heterocycles. The van der Waals surface area contributed by atoms with E-state index < -0.39 is 0 Å². The number of benzene rings is 2. The Kier molecular flexibility index (Phi) is 3.84. The van der Waals surface area contributed by atoms with Gasteiger partial charge in [0.25, 0.3) is 0 Å². The van der Waals surface area contributed by atoms with Crippen molar-refractivity contribution in [1.82, 2.24) is 4.98 Å². The average molecular weight is 279 g/mol. The molecule has 0 spiro atoms. The van der Waals surface area contributed by atoms with Crippen LogP contribution in [0.1, 0.15) is 11.3 Å². The third-order valence-electron chi connectivity index (χ3n) is 3.36. The van der Waals surface area contributed by atoms with Crippen LogP contribution in [0.5, 0.6) is 11.5 Å². The third-order valence-corrected chi connectivity index (χ3v) is 3.36. The van der Waals surface area contributed by atoms with Gasteiger partial charge < -0.3 is 9.84 Å². The highest BCUT2D eigenvalue weighted by molar-refractivity contribution is 5.85. The molecule has 2 aromatic carbocycles. The molecule has 0 bridgehead atoms. The zero-order chi connectivity index (χ0) is 14.7. The Morgan fingerprint density at radius 2 is 1.81 bits per heavy atom. The van der Waals surface area contributed by atoms with Crippen molar-refractivity contribution in [3.05, 3.63) is 65.9 Å². The summed E-state index contributed by atoms with van der Waals surface area (Å²) in [5.74, 6) is 1.60. The summed E-state index contributed by atoms with van der Waals surface area (Å²) in [5.41, 5.74) is 2.96. The predicted molar refractivity (Wildman–Crippen MR) is 83.8 cm³/mol. The minimum absolute atomic E-state index is 0.161. The highest BCUT2D eigenvalue weighted by Gasteiger charge is 2.06. The maximum Gasteiger partial charge on any atom is 0.138 e. The summed E-state index contributed by atoms with van der Waals surface area (Å²) in [4.78, 5) is 4.51. The van der Waals surface area contributed by atoms with Crippen LogP contribution in [-0.4, -0.2) is 16.7 Å². The van der Waals surface area contributed by atoms with Gasteiger partial charge in [-0.05, 0) is 43.2 Å². The number of pyridine rings is 1. The summed E-state index contributed by atoms with van der Waals surface area (Å²) in [6, 6.07) is 17.7. The van der Waals surface area contributed by atoms with Crippen molar-refractivity contribution in [3.63, 3.8) is 0 Å².